The number of aromatic nitrogens is 2. The van der Waals surface area contributed by atoms with E-state index >= 15 is 0 Å². The third-order valence-electron chi connectivity index (χ3n) is 5.26. The summed E-state index contributed by atoms with van der Waals surface area (Å²) < 4.78 is 0. The molecule has 0 aromatic carbocycles. The molecule has 7 heteroatoms. The highest BCUT2D eigenvalue weighted by Gasteiger charge is 2.71. The van der Waals surface area contributed by atoms with E-state index in [2.05, 4.69) is 15.3 Å². The fraction of sp³-hybridized carbons (Fsp3) is 0.600. The summed E-state index contributed by atoms with van der Waals surface area (Å²) in [7, 11) is 0. The summed E-state index contributed by atoms with van der Waals surface area (Å²) in [5.41, 5.74) is 0.368. The van der Waals surface area contributed by atoms with Crippen molar-refractivity contribution < 1.29 is 14.7 Å². The van der Waals surface area contributed by atoms with E-state index in [4.69, 9.17) is 11.6 Å². The average Bonchev–Trinajstić information content (AvgIpc) is 2.97. The molecule has 2 saturated carbocycles. The van der Waals surface area contributed by atoms with Gasteiger partial charge in [-0.15, -0.1) is 0 Å². The Morgan fingerprint density at radius 2 is 2.18 bits per heavy atom. The molecule has 1 heterocycles. The van der Waals surface area contributed by atoms with Crippen LogP contribution in [0.2, 0.25) is 5.15 Å². The number of fused-ring (bicyclic) bond motifs is 1. The van der Waals surface area contributed by atoms with E-state index in [9.17, 15) is 14.7 Å². The second-order valence-electron chi connectivity index (χ2n) is 6.16. The monoisotopic (exact) mass is 323 g/mol. The van der Waals surface area contributed by atoms with Crippen LogP contribution in [-0.2, 0) is 16.1 Å². The lowest BCUT2D eigenvalue weighted by Gasteiger charge is -2.17. The molecule has 1 amide bonds. The van der Waals surface area contributed by atoms with Gasteiger partial charge >= 0.3 is 5.97 Å². The highest BCUT2D eigenvalue weighted by Crippen LogP contribution is 2.71. The summed E-state index contributed by atoms with van der Waals surface area (Å²) in [6.45, 7) is 2.25. The molecule has 2 N–H and O–H groups in total. The smallest absolute Gasteiger partial charge is 0.307 e. The number of hydrogen-bond donors (Lipinski definition) is 2. The van der Waals surface area contributed by atoms with Gasteiger partial charge in [0.25, 0.3) is 0 Å². The SMILES string of the molecule is CCC12CC(C(=O)NCc3nccnc3Cl)CC1C2C(=O)O. The number of hydrogen-bond acceptors (Lipinski definition) is 4. The highest BCUT2D eigenvalue weighted by molar-refractivity contribution is 6.29. The van der Waals surface area contributed by atoms with Crippen LogP contribution in [0.1, 0.15) is 31.9 Å². The van der Waals surface area contributed by atoms with Crippen LogP contribution in [0.25, 0.3) is 0 Å². The van der Waals surface area contributed by atoms with Crippen molar-refractivity contribution in [2.75, 3.05) is 0 Å². The molecule has 3 rings (SSSR count). The molecule has 0 aliphatic heterocycles. The number of carbonyl (C=O) groups is 2. The van der Waals surface area contributed by atoms with Gasteiger partial charge in [-0.25, -0.2) is 4.98 Å². The average molecular weight is 324 g/mol. The van der Waals surface area contributed by atoms with Gasteiger partial charge in [-0.3, -0.25) is 14.6 Å². The van der Waals surface area contributed by atoms with E-state index in [0.717, 1.165) is 6.42 Å². The summed E-state index contributed by atoms with van der Waals surface area (Å²) in [4.78, 5) is 31.5. The van der Waals surface area contributed by atoms with E-state index in [1.54, 1.807) is 0 Å². The summed E-state index contributed by atoms with van der Waals surface area (Å²) in [5, 5.41) is 12.4. The Bertz CT molecular complexity index is 624. The van der Waals surface area contributed by atoms with E-state index in [1.165, 1.54) is 12.4 Å². The maximum absolute atomic E-state index is 12.3. The van der Waals surface area contributed by atoms with Crippen LogP contribution in [-0.4, -0.2) is 27.0 Å². The van der Waals surface area contributed by atoms with Gasteiger partial charge in [-0.2, -0.15) is 0 Å². The van der Waals surface area contributed by atoms with Crippen LogP contribution in [0.5, 0.6) is 0 Å². The molecular formula is C15H18ClN3O3. The zero-order valence-electron chi connectivity index (χ0n) is 12.3. The number of halogens is 1. The molecule has 6 nitrogen and oxygen atoms in total. The molecule has 4 unspecified atom stereocenters. The molecule has 0 bridgehead atoms. The van der Waals surface area contributed by atoms with Crippen LogP contribution in [0.3, 0.4) is 0 Å². The van der Waals surface area contributed by atoms with Crippen LogP contribution in [0.4, 0.5) is 0 Å². The zero-order chi connectivity index (χ0) is 15.9. The summed E-state index contributed by atoms with van der Waals surface area (Å²) >= 11 is 5.91. The summed E-state index contributed by atoms with van der Waals surface area (Å²) in [6.07, 6.45) is 5.15. The Kier molecular flexibility index (Phi) is 3.80. The number of aliphatic carboxylic acids is 1. The molecule has 22 heavy (non-hydrogen) atoms. The van der Waals surface area contributed by atoms with Crippen molar-refractivity contribution in [3.63, 3.8) is 0 Å². The van der Waals surface area contributed by atoms with E-state index in [1.807, 2.05) is 6.92 Å². The number of amides is 1. The number of rotatable bonds is 5. The maximum atomic E-state index is 12.3. The van der Waals surface area contributed by atoms with Gasteiger partial charge in [0, 0.05) is 18.3 Å². The lowest BCUT2D eigenvalue weighted by atomic mass is 9.90. The molecule has 2 fully saturated rings. The Balaban J connectivity index is 1.58. The zero-order valence-corrected chi connectivity index (χ0v) is 13.0. The fourth-order valence-electron chi connectivity index (χ4n) is 4.10. The van der Waals surface area contributed by atoms with Crippen LogP contribution < -0.4 is 5.32 Å². The number of carbonyl (C=O) groups excluding carboxylic acids is 1. The molecule has 0 radical (unpaired) electrons. The van der Waals surface area contributed by atoms with Gasteiger partial charge < -0.3 is 10.4 Å². The van der Waals surface area contributed by atoms with Crippen LogP contribution in [0, 0.1) is 23.2 Å². The number of nitrogens with zero attached hydrogens (tertiary/aromatic N) is 2. The van der Waals surface area contributed by atoms with Gasteiger partial charge in [-0.05, 0) is 30.6 Å². The Morgan fingerprint density at radius 1 is 1.45 bits per heavy atom. The molecular weight excluding hydrogens is 306 g/mol. The minimum atomic E-state index is -0.725. The van der Waals surface area contributed by atoms with Crippen molar-refractivity contribution in [2.24, 2.45) is 23.2 Å². The second kappa shape index (κ2) is 5.50. The minimum Gasteiger partial charge on any atom is -0.481 e. The Labute approximate surface area is 133 Å². The van der Waals surface area contributed by atoms with E-state index in [0.29, 0.717) is 18.5 Å². The van der Waals surface area contributed by atoms with Crippen molar-refractivity contribution in [3.8, 4) is 0 Å². The van der Waals surface area contributed by atoms with Gasteiger partial charge in [0.2, 0.25) is 5.91 Å². The van der Waals surface area contributed by atoms with E-state index in [-0.39, 0.29) is 40.8 Å². The maximum Gasteiger partial charge on any atom is 0.307 e. The lowest BCUT2D eigenvalue weighted by molar-refractivity contribution is -0.140. The normalized spacial score (nSPS) is 32.4. The molecule has 1 aromatic heterocycles. The quantitative estimate of drug-likeness (QED) is 0.863. The minimum absolute atomic E-state index is 0.0501. The standard InChI is InChI=1S/C15H18ClN3O3/c1-2-15-6-8(5-9(15)11(15)14(21)22)13(20)19-7-10-12(16)18-4-3-17-10/h3-4,8-9,11H,2,5-7H2,1H3,(H,19,20)(H,21,22). The van der Waals surface area contributed by atoms with Crippen molar-refractivity contribution in [3.05, 3.63) is 23.2 Å². The Morgan fingerprint density at radius 3 is 2.77 bits per heavy atom. The fourth-order valence-corrected chi connectivity index (χ4v) is 4.27. The van der Waals surface area contributed by atoms with Crippen molar-refractivity contribution >= 4 is 23.5 Å². The summed E-state index contributed by atoms with van der Waals surface area (Å²) in [5.74, 6) is -1.01. The predicted molar refractivity (Wildman–Crippen MR) is 79.0 cm³/mol. The molecule has 4 atom stereocenters. The first kappa shape index (κ1) is 15.2. The van der Waals surface area contributed by atoms with E-state index < -0.39 is 5.97 Å². The third kappa shape index (κ3) is 2.35. The van der Waals surface area contributed by atoms with Crippen molar-refractivity contribution in [1.29, 1.82) is 0 Å². The molecule has 0 saturated heterocycles. The van der Waals surface area contributed by atoms with Crippen LogP contribution in [0.15, 0.2) is 12.4 Å². The second-order valence-corrected chi connectivity index (χ2v) is 6.52. The van der Waals surface area contributed by atoms with Gasteiger partial charge in [0.15, 0.2) is 5.15 Å². The largest absolute Gasteiger partial charge is 0.481 e. The van der Waals surface area contributed by atoms with Crippen molar-refractivity contribution in [2.45, 2.75) is 32.7 Å². The molecule has 2 aliphatic carbocycles. The first-order valence-electron chi connectivity index (χ1n) is 7.45. The molecule has 1 aromatic rings. The Hall–Kier alpha value is -1.69. The first-order chi connectivity index (χ1) is 10.5. The number of carboxylic acids is 1. The van der Waals surface area contributed by atoms with Gasteiger partial charge in [0.1, 0.15) is 0 Å². The van der Waals surface area contributed by atoms with Gasteiger partial charge in [0.05, 0.1) is 18.2 Å². The van der Waals surface area contributed by atoms with Crippen LogP contribution >= 0.6 is 11.6 Å². The first-order valence-corrected chi connectivity index (χ1v) is 7.83. The number of carboxylic acid groups (broad SMARTS) is 1. The van der Waals surface area contributed by atoms with Crippen molar-refractivity contribution in [1.82, 2.24) is 15.3 Å². The lowest BCUT2D eigenvalue weighted by Crippen LogP contribution is -2.31. The topological polar surface area (TPSA) is 92.2 Å². The molecule has 2 aliphatic rings. The summed E-state index contributed by atoms with van der Waals surface area (Å²) in [6, 6.07) is 0. The van der Waals surface area contributed by atoms with Gasteiger partial charge in [-0.1, -0.05) is 18.5 Å². The highest BCUT2D eigenvalue weighted by atomic mass is 35.5. The predicted octanol–water partition coefficient (Wildman–Crippen LogP) is 1.88. The third-order valence-corrected chi connectivity index (χ3v) is 5.58. The molecule has 0 spiro atoms. The molecule has 118 valence electrons. The number of nitrogens with one attached hydrogen (secondary N) is 1.